The predicted octanol–water partition coefficient (Wildman–Crippen LogP) is 16.8. The van der Waals surface area contributed by atoms with E-state index in [1.807, 2.05) is 0 Å². The van der Waals surface area contributed by atoms with Crippen LogP contribution in [-0.4, -0.2) is 0 Å². The molecule has 0 heteroatoms. The Morgan fingerprint density at radius 2 is 0.831 bits per heavy atom. The number of hydrogen-bond donors (Lipinski definition) is 0. The fourth-order valence-corrected chi connectivity index (χ4v) is 13.1. The highest BCUT2D eigenvalue weighted by Gasteiger charge is 2.53. The molecule has 0 radical (unpaired) electrons. The first-order valence-electron chi connectivity index (χ1n) is 24.1. The first kappa shape index (κ1) is 40.3. The lowest BCUT2D eigenvalue weighted by Crippen LogP contribution is -2.27. The molecule has 0 aromatic heterocycles. The third-order valence-electron chi connectivity index (χ3n) is 16.7. The Labute approximate surface area is 387 Å². The van der Waals surface area contributed by atoms with Gasteiger partial charge in [-0.1, -0.05) is 233 Å². The van der Waals surface area contributed by atoms with E-state index in [0.717, 1.165) is 6.42 Å². The SMILES string of the molecule is CCC1(C)c2ccccc2-c2ccc(C(c3cccc4c3-c3ccccc3C4(C)C)c3cccc4c3-c3ccccc3C43c4cc(C(C)(C)C)ccc4-c4ccc(C(C)(C)C)cc43)cc21. The van der Waals surface area contributed by atoms with Gasteiger partial charge in [0.05, 0.1) is 5.41 Å². The van der Waals surface area contributed by atoms with E-state index in [1.54, 1.807) is 0 Å². The summed E-state index contributed by atoms with van der Waals surface area (Å²) in [5, 5.41) is 0. The molecule has 0 saturated heterocycles. The molecular formula is C65H60. The molecule has 8 aromatic rings. The molecule has 0 heterocycles. The molecule has 4 aliphatic rings. The molecule has 0 N–H and O–H groups in total. The standard InChI is InChI=1S/C65H60/c1-11-64(10)51-26-16-12-20-42(51)43-33-30-39(36-55(43)64)58(48-23-18-28-53-59(48)46-21-13-15-25-50(46)63(53,8)9)49-24-19-29-54-60(49)47-22-14-17-27-52(47)65(54)56-37-40(61(2,3)4)31-34-44(56)45-35-32-41(38-57(45)65)62(5,6)7/h12-38,58H,11H2,1-10H3. The molecule has 320 valence electrons. The summed E-state index contributed by atoms with van der Waals surface area (Å²) in [6, 6.07) is 64.7. The van der Waals surface area contributed by atoms with Crippen molar-refractivity contribution in [1.82, 2.24) is 0 Å². The number of rotatable bonds is 4. The molecule has 0 aliphatic heterocycles. The minimum Gasteiger partial charge on any atom is -0.0642 e. The maximum atomic E-state index is 2.62. The maximum Gasteiger partial charge on any atom is 0.0725 e. The van der Waals surface area contributed by atoms with Crippen molar-refractivity contribution < 1.29 is 0 Å². The van der Waals surface area contributed by atoms with Gasteiger partial charge in [-0.2, -0.15) is 0 Å². The van der Waals surface area contributed by atoms with Gasteiger partial charge in [0.15, 0.2) is 0 Å². The van der Waals surface area contributed by atoms with E-state index >= 15 is 0 Å². The van der Waals surface area contributed by atoms with Crippen molar-refractivity contribution in [2.75, 3.05) is 0 Å². The smallest absolute Gasteiger partial charge is 0.0642 e. The Morgan fingerprint density at radius 3 is 1.42 bits per heavy atom. The zero-order chi connectivity index (χ0) is 45.0. The zero-order valence-electron chi connectivity index (χ0n) is 39.9. The van der Waals surface area contributed by atoms with Gasteiger partial charge in [-0.05, 0) is 134 Å². The van der Waals surface area contributed by atoms with Crippen LogP contribution < -0.4 is 0 Å². The second-order valence-electron chi connectivity index (χ2n) is 22.5. The van der Waals surface area contributed by atoms with Crippen LogP contribution in [0, 0.1) is 0 Å². The Bertz CT molecular complexity index is 3250. The molecule has 1 spiro atoms. The van der Waals surface area contributed by atoms with Gasteiger partial charge in [0.1, 0.15) is 0 Å². The van der Waals surface area contributed by atoms with Crippen molar-refractivity contribution in [2.24, 2.45) is 0 Å². The molecule has 0 fully saturated rings. The van der Waals surface area contributed by atoms with Gasteiger partial charge in [-0.25, -0.2) is 0 Å². The zero-order valence-corrected chi connectivity index (χ0v) is 39.9. The summed E-state index contributed by atoms with van der Waals surface area (Å²) in [5.41, 5.74) is 28.5. The Hall–Kier alpha value is -6.24. The van der Waals surface area contributed by atoms with E-state index in [0.29, 0.717) is 0 Å². The number of benzene rings is 8. The topological polar surface area (TPSA) is 0 Å². The summed E-state index contributed by atoms with van der Waals surface area (Å²) in [5.74, 6) is -0.0395. The van der Waals surface area contributed by atoms with Gasteiger partial charge in [0, 0.05) is 16.7 Å². The molecule has 12 rings (SSSR count). The first-order chi connectivity index (χ1) is 31.1. The molecule has 0 amide bonds. The minimum absolute atomic E-state index is 0.00652. The van der Waals surface area contributed by atoms with Gasteiger partial charge >= 0.3 is 0 Å². The van der Waals surface area contributed by atoms with E-state index < -0.39 is 5.41 Å². The lowest BCUT2D eigenvalue weighted by molar-refractivity contribution is 0.564. The first-order valence-corrected chi connectivity index (χ1v) is 24.1. The Kier molecular flexibility index (Phi) is 8.32. The maximum absolute atomic E-state index is 2.62. The lowest BCUT2D eigenvalue weighted by Gasteiger charge is -2.33. The van der Waals surface area contributed by atoms with E-state index in [4.69, 9.17) is 0 Å². The van der Waals surface area contributed by atoms with Crippen LogP contribution >= 0.6 is 0 Å². The molecular weight excluding hydrogens is 781 g/mol. The van der Waals surface area contributed by atoms with Crippen LogP contribution in [0.1, 0.15) is 154 Å². The molecule has 0 saturated carbocycles. The van der Waals surface area contributed by atoms with Crippen LogP contribution in [0.25, 0.3) is 44.5 Å². The molecule has 4 aliphatic carbocycles. The molecule has 8 aromatic carbocycles. The van der Waals surface area contributed by atoms with Crippen LogP contribution in [-0.2, 0) is 27.1 Å². The van der Waals surface area contributed by atoms with Gasteiger partial charge < -0.3 is 0 Å². The highest BCUT2D eigenvalue weighted by Crippen LogP contribution is 2.65. The second kappa shape index (κ2) is 13.4. The number of hydrogen-bond acceptors (Lipinski definition) is 0. The van der Waals surface area contributed by atoms with Crippen molar-refractivity contribution in [1.29, 1.82) is 0 Å². The monoisotopic (exact) mass is 840 g/mol. The van der Waals surface area contributed by atoms with Crippen LogP contribution in [0.3, 0.4) is 0 Å². The van der Waals surface area contributed by atoms with Crippen molar-refractivity contribution in [2.45, 2.75) is 109 Å². The minimum atomic E-state index is -0.479. The second-order valence-corrected chi connectivity index (χ2v) is 22.5. The summed E-state index contributed by atoms with van der Waals surface area (Å²) in [6.07, 6.45) is 1.04. The summed E-state index contributed by atoms with van der Waals surface area (Å²) in [4.78, 5) is 0. The summed E-state index contributed by atoms with van der Waals surface area (Å²) in [7, 11) is 0. The number of fused-ring (bicyclic) bond motifs is 16. The normalized spacial score (nSPS) is 18.0. The molecule has 2 atom stereocenters. The van der Waals surface area contributed by atoms with Gasteiger partial charge in [-0.15, -0.1) is 0 Å². The van der Waals surface area contributed by atoms with E-state index in [1.165, 1.54) is 117 Å². The largest absolute Gasteiger partial charge is 0.0725 e. The van der Waals surface area contributed by atoms with Gasteiger partial charge in [0.2, 0.25) is 0 Å². The third-order valence-corrected chi connectivity index (χ3v) is 16.7. The van der Waals surface area contributed by atoms with E-state index in [-0.39, 0.29) is 27.6 Å². The summed E-state index contributed by atoms with van der Waals surface area (Å²) >= 11 is 0. The van der Waals surface area contributed by atoms with Crippen molar-refractivity contribution >= 4 is 0 Å². The Balaban J connectivity index is 1.20. The van der Waals surface area contributed by atoms with Crippen molar-refractivity contribution in [3.63, 3.8) is 0 Å². The summed E-state index contributed by atoms with van der Waals surface area (Å²) < 4.78 is 0. The van der Waals surface area contributed by atoms with Crippen LogP contribution in [0.15, 0.2) is 164 Å². The highest BCUT2D eigenvalue weighted by molar-refractivity contribution is 5.97. The lowest BCUT2D eigenvalue weighted by atomic mass is 9.68. The van der Waals surface area contributed by atoms with Gasteiger partial charge in [-0.3, -0.25) is 0 Å². The average Bonchev–Trinajstić information content (AvgIpc) is 3.94. The van der Waals surface area contributed by atoms with Crippen LogP contribution in [0.4, 0.5) is 0 Å². The van der Waals surface area contributed by atoms with E-state index in [2.05, 4.69) is 233 Å². The van der Waals surface area contributed by atoms with Crippen molar-refractivity contribution in [3.05, 3.63) is 236 Å². The Morgan fingerprint density at radius 1 is 0.385 bits per heavy atom. The van der Waals surface area contributed by atoms with Crippen LogP contribution in [0.5, 0.6) is 0 Å². The molecule has 65 heavy (non-hydrogen) atoms. The van der Waals surface area contributed by atoms with E-state index in [9.17, 15) is 0 Å². The van der Waals surface area contributed by atoms with Gasteiger partial charge in [0.25, 0.3) is 0 Å². The fraction of sp³-hybridized carbons (Fsp3) is 0.262. The predicted molar refractivity (Wildman–Crippen MR) is 274 cm³/mol. The molecule has 0 bridgehead atoms. The average molecular weight is 841 g/mol. The quantitative estimate of drug-likeness (QED) is 0.155. The summed E-state index contributed by atoms with van der Waals surface area (Å²) in [6.45, 7) is 23.8. The van der Waals surface area contributed by atoms with Crippen LogP contribution in [0.2, 0.25) is 0 Å². The third kappa shape index (κ3) is 5.26. The molecule has 0 nitrogen and oxygen atoms in total. The van der Waals surface area contributed by atoms with Crippen molar-refractivity contribution in [3.8, 4) is 44.5 Å². The molecule has 2 unspecified atom stereocenters. The highest BCUT2D eigenvalue weighted by atomic mass is 14.5. The fourth-order valence-electron chi connectivity index (χ4n) is 13.1.